The smallest absolute Gasteiger partial charge is 0.227 e. The van der Waals surface area contributed by atoms with Crippen molar-refractivity contribution in [2.75, 3.05) is 0 Å². The van der Waals surface area contributed by atoms with Crippen LogP contribution >= 0.6 is 0 Å². The Hall–Kier alpha value is -3.95. The minimum absolute atomic E-state index is 0.0288. The van der Waals surface area contributed by atoms with Gasteiger partial charge in [-0.25, -0.2) is 13.8 Å². The molecule has 1 aliphatic rings. The summed E-state index contributed by atoms with van der Waals surface area (Å²) < 4.78 is 37.5. The van der Waals surface area contributed by atoms with E-state index in [0.29, 0.717) is 40.5 Å². The number of aromatic nitrogens is 4. The standard InChI is InChI=1S/C29H27F2N5O2/c1-16-11-19(14-32-23-7-4-8-24(23)37)25(31)26-27(16)38-29(34-26)18-6-3-5-17(12-18)21-10-9-20(30)13-22(21)28-35-33-15-36(28)2/h3,5-6,9-13,15,23-24,32,37H,4,7-8,14H2,1-2H3/t23-,24+/m1/s1. The van der Waals surface area contributed by atoms with Gasteiger partial charge >= 0.3 is 0 Å². The Morgan fingerprint density at radius 2 is 1.92 bits per heavy atom. The van der Waals surface area contributed by atoms with Crippen LogP contribution in [0.3, 0.4) is 0 Å². The second-order valence-electron chi connectivity index (χ2n) is 9.89. The van der Waals surface area contributed by atoms with Crippen molar-refractivity contribution in [2.24, 2.45) is 7.05 Å². The fourth-order valence-corrected chi connectivity index (χ4v) is 5.25. The van der Waals surface area contributed by atoms with Gasteiger partial charge in [0.1, 0.15) is 17.7 Å². The summed E-state index contributed by atoms with van der Waals surface area (Å²) in [4.78, 5) is 4.53. The molecule has 6 rings (SSSR count). The summed E-state index contributed by atoms with van der Waals surface area (Å²) in [6.07, 6.45) is 3.77. The molecule has 3 aromatic carbocycles. The molecule has 0 spiro atoms. The molecule has 194 valence electrons. The second-order valence-corrected chi connectivity index (χ2v) is 9.89. The average Bonchev–Trinajstić information content (AvgIpc) is 3.65. The number of hydrogen-bond acceptors (Lipinski definition) is 6. The van der Waals surface area contributed by atoms with Crippen molar-refractivity contribution in [3.8, 4) is 34.0 Å². The molecule has 1 fully saturated rings. The number of hydrogen-bond donors (Lipinski definition) is 2. The first-order valence-corrected chi connectivity index (χ1v) is 12.6. The highest BCUT2D eigenvalue weighted by Gasteiger charge is 2.25. The van der Waals surface area contributed by atoms with Gasteiger partial charge < -0.3 is 19.4 Å². The molecule has 2 atom stereocenters. The predicted octanol–water partition coefficient (Wildman–Crippen LogP) is 5.55. The van der Waals surface area contributed by atoms with Gasteiger partial charge in [0.15, 0.2) is 17.2 Å². The number of aliphatic hydroxyl groups is 1. The molecule has 0 unspecified atom stereocenters. The first-order chi connectivity index (χ1) is 18.4. The molecule has 0 aliphatic heterocycles. The van der Waals surface area contributed by atoms with Crippen LogP contribution in [0.15, 0.2) is 59.3 Å². The fourth-order valence-electron chi connectivity index (χ4n) is 5.25. The SMILES string of the molecule is Cc1cc(CN[C@@H]2CCC[C@@H]2O)c(F)c2nc(-c3cccc(-c4ccc(F)cc4-c4nncn4C)c3)oc12. The highest BCUT2D eigenvalue weighted by molar-refractivity contribution is 5.84. The van der Waals surface area contributed by atoms with Crippen molar-refractivity contribution in [2.45, 2.75) is 44.9 Å². The summed E-state index contributed by atoms with van der Waals surface area (Å²) in [5, 5.41) is 21.4. The van der Waals surface area contributed by atoms with E-state index >= 15 is 4.39 Å². The molecule has 1 aliphatic carbocycles. The zero-order chi connectivity index (χ0) is 26.4. The van der Waals surface area contributed by atoms with Crippen LogP contribution in [0.5, 0.6) is 0 Å². The van der Waals surface area contributed by atoms with E-state index in [9.17, 15) is 9.50 Å². The van der Waals surface area contributed by atoms with Crippen molar-refractivity contribution in [1.29, 1.82) is 0 Å². The van der Waals surface area contributed by atoms with Crippen LogP contribution in [0.25, 0.3) is 45.1 Å². The van der Waals surface area contributed by atoms with Gasteiger partial charge in [0.05, 0.1) is 6.10 Å². The van der Waals surface area contributed by atoms with E-state index in [1.165, 1.54) is 12.1 Å². The number of benzene rings is 3. The molecular weight excluding hydrogens is 488 g/mol. The fraction of sp³-hybridized carbons (Fsp3) is 0.276. The quantitative estimate of drug-likeness (QED) is 0.308. The third kappa shape index (κ3) is 4.37. The minimum atomic E-state index is -0.431. The van der Waals surface area contributed by atoms with Crippen LogP contribution in [0.2, 0.25) is 0 Å². The van der Waals surface area contributed by atoms with Crippen molar-refractivity contribution < 1.29 is 18.3 Å². The summed E-state index contributed by atoms with van der Waals surface area (Å²) in [5.41, 5.74) is 4.69. The molecule has 0 saturated heterocycles. The topological polar surface area (TPSA) is 89.0 Å². The van der Waals surface area contributed by atoms with E-state index in [1.54, 1.807) is 30.1 Å². The van der Waals surface area contributed by atoms with Crippen molar-refractivity contribution >= 4 is 11.1 Å². The molecule has 0 radical (unpaired) electrons. The molecule has 0 amide bonds. The molecule has 1 saturated carbocycles. The van der Waals surface area contributed by atoms with Crippen LogP contribution in [0.1, 0.15) is 30.4 Å². The molecular formula is C29H27F2N5O2. The van der Waals surface area contributed by atoms with Crippen LogP contribution in [0.4, 0.5) is 8.78 Å². The number of oxazole rings is 1. The Kier molecular flexibility index (Phi) is 6.25. The Morgan fingerprint density at radius 3 is 2.68 bits per heavy atom. The normalized spacial score (nSPS) is 17.5. The number of fused-ring (bicyclic) bond motifs is 1. The zero-order valence-corrected chi connectivity index (χ0v) is 21.1. The summed E-state index contributed by atoms with van der Waals surface area (Å²) in [7, 11) is 1.80. The second kappa shape index (κ2) is 9.74. The van der Waals surface area contributed by atoms with Gasteiger partial charge in [-0.1, -0.05) is 18.2 Å². The highest BCUT2D eigenvalue weighted by Crippen LogP contribution is 2.35. The van der Waals surface area contributed by atoms with Gasteiger partial charge in [-0.3, -0.25) is 0 Å². The van der Waals surface area contributed by atoms with E-state index in [0.717, 1.165) is 36.0 Å². The number of rotatable bonds is 6. The first kappa shape index (κ1) is 24.4. The summed E-state index contributed by atoms with van der Waals surface area (Å²) in [6.45, 7) is 2.17. The average molecular weight is 516 g/mol. The van der Waals surface area contributed by atoms with Crippen LogP contribution in [-0.2, 0) is 13.6 Å². The molecule has 2 N–H and O–H groups in total. The molecule has 5 aromatic rings. The first-order valence-electron chi connectivity index (χ1n) is 12.6. The lowest BCUT2D eigenvalue weighted by molar-refractivity contribution is 0.148. The van der Waals surface area contributed by atoms with E-state index in [4.69, 9.17) is 4.42 Å². The van der Waals surface area contributed by atoms with E-state index in [-0.39, 0.29) is 17.4 Å². The largest absolute Gasteiger partial charge is 0.436 e. The zero-order valence-electron chi connectivity index (χ0n) is 21.1. The van der Waals surface area contributed by atoms with Crippen LogP contribution in [-0.4, -0.2) is 37.0 Å². The molecule has 0 bridgehead atoms. The summed E-state index contributed by atoms with van der Waals surface area (Å²) in [6, 6.07) is 13.8. The van der Waals surface area contributed by atoms with Crippen molar-refractivity contribution in [3.63, 3.8) is 0 Å². The Labute approximate surface area is 218 Å². The molecule has 7 nitrogen and oxygen atoms in total. The lowest BCUT2D eigenvalue weighted by atomic mass is 9.97. The molecule has 9 heteroatoms. The van der Waals surface area contributed by atoms with Crippen molar-refractivity contribution in [3.05, 3.63) is 77.6 Å². The minimum Gasteiger partial charge on any atom is -0.436 e. The van der Waals surface area contributed by atoms with E-state index < -0.39 is 11.9 Å². The van der Waals surface area contributed by atoms with E-state index in [1.807, 2.05) is 31.2 Å². The maximum absolute atomic E-state index is 15.5. The number of halogens is 2. The summed E-state index contributed by atoms with van der Waals surface area (Å²) in [5.74, 6) is 0.0265. The van der Waals surface area contributed by atoms with Crippen LogP contribution < -0.4 is 5.32 Å². The van der Waals surface area contributed by atoms with Gasteiger partial charge in [-0.2, -0.15) is 0 Å². The summed E-state index contributed by atoms with van der Waals surface area (Å²) >= 11 is 0. The Bertz CT molecular complexity index is 1640. The van der Waals surface area contributed by atoms with Gasteiger partial charge in [-0.05, 0) is 73.2 Å². The third-order valence-electron chi connectivity index (χ3n) is 7.25. The third-order valence-corrected chi connectivity index (χ3v) is 7.25. The van der Waals surface area contributed by atoms with Gasteiger partial charge in [0.2, 0.25) is 5.89 Å². The Morgan fingerprint density at radius 1 is 1.08 bits per heavy atom. The highest BCUT2D eigenvalue weighted by atomic mass is 19.1. The predicted molar refractivity (Wildman–Crippen MR) is 140 cm³/mol. The number of nitrogens with one attached hydrogen (secondary N) is 1. The van der Waals surface area contributed by atoms with Crippen LogP contribution in [0, 0.1) is 18.6 Å². The molecule has 2 heterocycles. The monoisotopic (exact) mass is 515 g/mol. The van der Waals surface area contributed by atoms with Crippen molar-refractivity contribution in [1.82, 2.24) is 25.1 Å². The maximum atomic E-state index is 15.5. The number of nitrogens with zero attached hydrogens (tertiary/aromatic N) is 4. The lowest BCUT2D eigenvalue weighted by Crippen LogP contribution is -2.35. The molecule has 38 heavy (non-hydrogen) atoms. The van der Waals surface area contributed by atoms with Gasteiger partial charge in [-0.15, -0.1) is 10.2 Å². The van der Waals surface area contributed by atoms with E-state index in [2.05, 4.69) is 20.5 Å². The number of aliphatic hydroxyl groups excluding tert-OH is 1. The maximum Gasteiger partial charge on any atom is 0.227 e. The molecule has 2 aromatic heterocycles. The lowest BCUT2D eigenvalue weighted by Gasteiger charge is -2.16. The Balaban J connectivity index is 1.36. The van der Waals surface area contributed by atoms with Gasteiger partial charge in [0.25, 0.3) is 0 Å². The van der Waals surface area contributed by atoms with Gasteiger partial charge in [0, 0.05) is 36.3 Å². The number of aryl methyl sites for hydroxylation is 2.